The highest BCUT2D eigenvalue weighted by molar-refractivity contribution is 7.90. The topological polar surface area (TPSA) is 67.9 Å². The van der Waals surface area contributed by atoms with Crippen LogP contribution in [0.1, 0.15) is 5.56 Å². The predicted octanol–water partition coefficient (Wildman–Crippen LogP) is 4.83. The van der Waals surface area contributed by atoms with Gasteiger partial charge in [-0.25, -0.2) is 9.55 Å². The largest absolute Gasteiger partial charge is 0.609 e. The fourth-order valence-electron chi connectivity index (χ4n) is 3.25. The summed E-state index contributed by atoms with van der Waals surface area (Å²) in [6, 6.07) is 10.2. The van der Waals surface area contributed by atoms with Crippen LogP contribution in [0.15, 0.2) is 60.1 Å². The number of aromatic nitrogens is 4. The summed E-state index contributed by atoms with van der Waals surface area (Å²) in [5.41, 5.74) is 2.03. The second-order valence-corrected chi connectivity index (χ2v) is 8.47. The van der Waals surface area contributed by atoms with Gasteiger partial charge in [-0.1, -0.05) is 0 Å². The Morgan fingerprint density at radius 3 is 2.42 bits per heavy atom. The second kappa shape index (κ2) is 8.34. The SMILES string of the molecule is Cc1c(OCC(F)(F)C(F)(F)F)ccnc1-n1c([S+](C)[O-])nc2cc(-n3cccc3)ccc21. The van der Waals surface area contributed by atoms with Crippen LogP contribution in [0.5, 0.6) is 5.75 Å². The Bertz CT molecular complexity index is 1290. The third kappa shape index (κ3) is 4.27. The van der Waals surface area contributed by atoms with Gasteiger partial charge < -0.3 is 13.9 Å². The molecule has 3 heterocycles. The lowest BCUT2D eigenvalue weighted by Crippen LogP contribution is -2.41. The molecule has 6 nitrogen and oxygen atoms in total. The highest BCUT2D eigenvalue weighted by Crippen LogP contribution is 2.37. The Morgan fingerprint density at radius 1 is 1.09 bits per heavy atom. The maximum atomic E-state index is 13.3. The van der Waals surface area contributed by atoms with E-state index in [4.69, 9.17) is 4.74 Å². The molecule has 4 aromatic rings. The Balaban J connectivity index is 1.78. The van der Waals surface area contributed by atoms with E-state index in [1.54, 1.807) is 12.1 Å². The molecule has 1 atom stereocenters. The number of nitrogens with zero attached hydrogens (tertiary/aromatic N) is 4. The van der Waals surface area contributed by atoms with Gasteiger partial charge in [0.15, 0.2) is 6.61 Å². The van der Waals surface area contributed by atoms with Crippen LogP contribution in [0.3, 0.4) is 0 Å². The van der Waals surface area contributed by atoms with Gasteiger partial charge in [0.25, 0.3) is 0 Å². The molecule has 33 heavy (non-hydrogen) atoms. The van der Waals surface area contributed by atoms with E-state index in [0.717, 1.165) is 5.69 Å². The Hall–Kier alpha value is -3.12. The molecule has 174 valence electrons. The fraction of sp³-hybridized carbons (Fsp3) is 0.238. The number of alkyl halides is 5. The standard InChI is InChI=1S/C21H17F5N4O2S/c1-13-17(32-12-20(22,23)21(24,25)26)7-8-27-18(13)30-16-6-5-14(29-9-3-4-10-29)11-15(16)28-19(30)33(2)31/h3-11H,12H2,1-2H3. The molecule has 4 rings (SSSR count). The summed E-state index contributed by atoms with van der Waals surface area (Å²) in [7, 11) is 0. The van der Waals surface area contributed by atoms with Gasteiger partial charge in [-0.05, 0) is 43.3 Å². The summed E-state index contributed by atoms with van der Waals surface area (Å²) in [6.07, 6.45) is 0.595. The van der Waals surface area contributed by atoms with E-state index in [9.17, 15) is 26.5 Å². The molecule has 12 heteroatoms. The number of pyridine rings is 1. The Morgan fingerprint density at radius 2 is 1.79 bits per heavy atom. The summed E-state index contributed by atoms with van der Waals surface area (Å²) in [4.78, 5) is 8.68. The van der Waals surface area contributed by atoms with Crippen molar-refractivity contribution in [3.63, 3.8) is 0 Å². The molecule has 0 aliphatic rings. The molecule has 0 fully saturated rings. The van der Waals surface area contributed by atoms with Gasteiger partial charge in [-0.2, -0.15) is 26.9 Å². The zero-order valence-corrected chi connectivity index (χ0v) is 18.1. The van der Waals surface area contributed by atoms with Crippen LogP contribution in [0.25, 0.3) is 22.5 Å². The molecule has 1 aromatic carbocycles. The van der Waals surface area contributed by atoms with Gasteiger partial charge in [0.2, 0.25) is 0 Å². The first-order valence-corrected chi connectivity index (χ1v) is 11.1. The van der Waals surface area contributed by atoms with Gasteiger partial charge >= 0.3 is 17.3 Å². The average molecular weight is 484 g/mol. The van der Waals surface area contributed by atoms with Crippen molar-refractivity contribution in [3.8, 4) is 17.3 Å². The van der Waals surface area contributed by atoms with Crippen molar-refractivity contribution < 1.29 is 31.2 Å². The lowest BCUT2D eigenvalue weighted by Gasteiger charge is -2.21. The number of imidazole rings is 1. The van der Waals surface area contributed by atoms with Crippen LogP contribution in [0, 0.1) is 6.92 Å². The van der Waals surface area contributed by atoms with E-state index in [-0.39, 0.29) is 22.3 Å². The first-order chi connectivity index (χ1) is 15.5. The maximum Gasteiger partial charge on any atom is 0.456 e. The van der Waals surface area contributed by atoms with Crippen LogP contribution in [-0.2, 0) is 11.2 Å². The molecule has 3 aromatic heterocycles. The van der Waals surface area contributed by atoms with Crippen LogP contribution in [-0.4, -0.2) is 48.6 Å². The van der Waals surface area contributed by atoms with Crippen LogP contribution < -0.4 is 4.74 Å². The van der Waals surface area contributed by atoms with Crippen molar-refractivity contribution >= 4 is 22.2 Å². The normalized spacial score (nSPS) is 13.5. The molecule has 0 amide bonds. The highest BCUT2D eigenvalue weighted by atomic mass is 32.2. The minimum atomic E-state index is -5.74. The summed E-state index contributed by atoms with van der Waals surface area (Å²) >= 11 is -1.57. The number of halogens is 5. The van der Waals surface area contributed by atoms with Gasteiger partial charge in [-0.15, -0.1) is 0 Å². The molecular weight excluding hydrogens is 467 g/mol. The summed E-state index contributed by atoms with van der Waals surface area (Å²) in [5, 5.41) is 0.142. The number of rotatable bonds is 6. The van der Waals surface area contributed by atoms with Gasteiger partial charge in [0.1, 0.15) is 17.8 Å². The van der Waals surface area contributed by atoms with Crippen LogP contribution in [0.2, 0.25) is 0 Å². The van der Waals surface area contributed by atoms with E-state index >= 15 is 0 Å². The van der Waals surface area contributed by atoms with Crippen molar-refractivity contribution in [1.29, 1.82) is 0 Å². The Kier molecular flexibility index (Phi) is 5.83. The molecule has 0 saturated heterocycles. The third-order valence-electron chi connectivity index (χ3n) is 4.93. The van der Waals surface area contributed by atoms with Crippen LogP contribution in [0.4, 0.5) is 22.0 Å². The molecule has 0 radical (unpaired) electrons. The second-order valence-electron chi connectivity index (χ2n) is 7.20. The predicted molar refractivity (Wildman–Crippen MR) is 112 cm³/mol. The zero-order chi connectivity index (χ0) is 24.0. The van der Waals surface area contributed by atoms with Crippen molar-refractivity contribution in [2.75, 3.05) is 12.9 Å². The van der Waals surface area contributed by atoms with Gasteiger partial charge in [-0.3, -0.25) is 0 Å². The lowest BCUT2D eigenvalue weighted by molar-refractivity contribution is -0.290. The van der Waals surface area contributed by atoms with E-state index in [1.807, 2.05) is 35.2 Å². The monoisotopic (exact) mass is 484 g/mol. The van der Waals surface area contributed by atoms with Crippen molar-refractivity contribution in [3.05, 3.63) is 60.6 Å². The number of hydrogen-bond acceptors (Lipinski definition) is 4. The number of benzene rings is 1. The number of fused-ring (bicyclic) bond motifs is 1. The summed E-state index contributed by atoms with van der Waals surface area (Å²) < 4.78 is 84.8. The highest BCUT2D eigenvalue weighted by Gasteiger charge is 2.58. The third-order valence-corrected chi connectivity index (χ3v) is 5.72. The number of ether oxygens (including phenoxy) is 1. The number of hydrogen-bond donors (Lipinski definition) is 0. The molecule has 1 unspecified atom stereocenters. The molecule has 0 saturated carbocycles. The maximum absolute atomic E-state index is 13.3. The summed E-state index contributed by atoms with van der Waals surface area (Å²) in [6.45, 7) is -0.413. The minimum Gasteiger partial charge on any atom is -0.609 e. The first-order valence-electron chi connectivity index (χ1n) is 9.52. The first kappa shape index (κ1) is 23.1. The molecule has 0 aliphatic carbocycles. The van der Waals surface area contributed by atoms with Gasteiger partial charge in [0.05, 0.1) is 11.0 Å². The molecule has 0 spiro atoms. The lowest BCUT2D eigenvalue weighted by atomic mass is 10.2. The van der Waals surface area contributed by atoms with Crippen LogP contribution >= 0.6 is 0 Å². The quantitative estimate of drug-likeness (QED) is 0.290. The van der Waals surface area contributed by atoms with E-state index in [1.165, 1.54) is 30.0 Å². The fourth-order valence-corrected chi connectivity index (χ4v) is 3.92. The van der Waals surface area contributed by atoms with E-state index < -0.39 is 29.9 Å². The minimum absolute atomic E-state index is 0.142. The molecular formula is C21H17F5N4O2S. The smallest absolute Gasteiger partial charge is 0.456 e. The van der Waals surface area contributed by atoms with Gasteiger partial charge in [0, 0.05) is 41.0 Å². The summed E-state index contributed by atoms with van der Waals surface area (Å²) in [5.74, 6) is -5.07. The zero-order valence-electron chi connectivity index (χ0n) is 17.3. The van der Waals surface area contributed by atoms with Crippen molar-refractivity contribution in [2.45, 2.75) is 24.2 Å². The van der Waals surface area contributed by atoms with E-state index in [0.29, 0.717) is 11.0 Å². The molecule has 0 bridgehead atoms. The molecule has 0 N–H and O–H groups in total. The molecule has 0 aliphatic heterocycles. The van der Waals surface area contributed by atoms with Crippen molar-refractivity contribution in [1.82, 2.24) is 19.1 Å². The van der Waals surface area contributed by atoms with E-state index in [2.05, 4.69) is 9.97 Å². The Labute approximate surface area is 187 Å². The average Bonchev–Trinajstić information content (AvgIpc) is 3.40. The van der Waals surface area contributed by atoms with Crippen molar-refractivity contribution in [2.24, 2.45) is 0 Å².